The molecule has 1 fully saturated rings. The van der Waals surface area contributed by atoms with Crippen molar-refractivity contribution < 1.29 is 13.9 Å². The van der Waals surface area contributed by atoms with E-state index in [4.69, 9.17) is 15.0 Å². The van der Waals surface area contributed by atoms with E-state index in [2.05, 4.69) is 10.3 Å². The highest BCUT2D eigenvalue weighted by molar-refractivity contribution is 5.92. The van der Waals surface area contributed by atoms with Gasteiger partial charge in [0.1, 0.15) is 0 Å². The van der Waals surface area contributed by atoms with Crippen LogP contribution < -0.4 is 11.3 Å². The normalized spacial score (nSPS) is 17.6. The van der Waals surface area contributed by atoms with Gasteiger partial charge in [-0.25, -0.2) is 5.84 Å². The number of hydrazine groups is 1. The summed E-state index contributed by atoms with van der Waals surface area (Å²) in [5.41, 5.74) is 2.98. The van der Waals surface area contributed by atoms with Crippen molar-refractivity contribution in [2.45, 2.75) is 19.4 Å². The second-order valence-corrected chi connectivity index (χ2v) is 4.92. The number of likely N-dealkylation sites (tertiary alicyclic amines) is 1. The molecule has 1 aliphatic heterocycles. The highest BCUT2D eigenvalue weighted by Gasteiger charge is 2.22. The number of hydrogen-bond acceptors (Lipinski definition) is 5. The van der Waals surface area contributed by atoms with Crippen molar-refractivity contribution >= 4 is 5.91 Å². The number of piperidine rings is 1. The number of nitrogens with zero attached hydrogens (tertiary/aromatic N) is 1. The molecule has 106 valence electrons. The summed E-state index contributed by atoms with van der Waals surface area (Å²) in [5, 5.41) is 0. The maximum absolute atomic E-state index is 11.5. The summed E-state index contributed by atoms with van der Waals surface area (Å²) < 4.78 is 10.4. The molecule has 6 heteroatoms. The third-order valence-electron chi connectivity index (χ3n) is 3.59. The Morgan fingerprint density at radius 1 is 1.58 bits per heavy atom. The van der Waals surface area contributed by atoms with Gasteiger partial charge in [-0.3, -0.25) is 15.1 Å². The van der Waals surface area contributed by atoms with Crippen molar-refractivity contribution in [3.8, 4) is 0 Å². The Kier molecular flexibility index (Phi) is 4.95. The molecule has 0 bridgehead atoms. The number of carbonyl (C=O) groups excluding carboxylic acids is 1. The van der Waals surface area contributed by atoms with Crippen molar-refractivity contribution in [1.29, 1.82) is 0 Å². The lowest BCUT2D eigenvalue weighted by atomic mass is 9.97. The molecular formula is C13H21N3O3. The van der Waals surface area contributed by atoms with Crippen LogP contribution in [-0.4, -0.2) is 37.6 Å². The summed E-state index contributed by atoms with van der Waals surface area (Å²) >= 11 is 0. The van der Waals surface area contributed by atoms with Gasteiger partial charge < -0.3 is 9.15 Å². The minimum atomic E-state index is -0.380. The van der Waals surface area contributed by atoms with E-state index < -0.39 is 0 Å². The molecule has 0 atom stereocenters. The van der Waals surface area contributed by atoms with Crippen LogP contribution >= 0.6 is 0 Å². The third-order valence-corrected chi connectivity index (χ3v) is 3.59. The minimum Gasteiger partial charge on any atom is -0.459 e. The summed E-state index contributed by atoms with van der Waals surface area (Å²) in [7, 11) is 1.75. The van der Waals surface area contributed by atoms with Gasteiger partial charge in [-0.1, -0.05) is 0 Å². The number of nitrogen functional groups attached to an aromatic ring is 1. The molecule has 0 aliphatic carbocycles. The lowest BCUT2D eigenvalue weighted by Crippen LogP contribution is -2.35. The Balaban J connectivity index is 1.89. The van der Waals surface area contributed by atoms with Gasteiger partial charge >= 0.3 is 5.91 Å². The number of amides is 1. The molecule has 0 unspecified atom stereocenters. The van der Waals surface area contributed by atoms with Crippen LogP contribution in [0.3, 0.4) is 0 Å². The molecule has 19 heavy (non-hydrogen) atoms. The number of furan rings is 1. The molecule has 3 N–H and O–H groups in total. The number of rotatable bonds is 5. The molecule has 0 saturated carbocycles. The average Bonchev–Trinajstić information content (AvgIpc) is 2.88. The fourth-order valence-corrected chi connectivity index (χ4v) is 2.51. The molecular weight excluding hydrogens is 246 g/mol. The van der Waals surface area contributed by atoms with E-state index in [1.807, 2.05) is 6.07 Å². The number of ether oxygens (including phenoxy) is 1. The monoisotopic (exact) mass is 267 g/mol. The SMILES string of the molecule is COCC1CCN(Cc2ccoc2C(=O)NN)CC1. The number of methoxy groups -OCH3 is 1. The molecule has 1 aliphatic rings. The molecule has 0 aromatic carbocycles. The summed E-state index contributed by atoms with van der Waals surface area (Å²) in [4.78, 5) is 13.8. The molecule has 0 radical (unpaired) electrons. The van der Waals surface area contributed by atoms with Gasteiger partial charge in [0.2, 0.25) is 0 Å². The lowest BCUT2D eigenvalue weighted by molar-refractivity contribution is 0.0908. The topological polar surface area (TPSA) is 80.7 Å². The zero-order valence-electron chi connectivity index (χ0n) is 11.2. The Labute approximate surface area is 112 Å². The van der Waals surface area contributed by atoms with Gasteiger partial charge in [-0.15, -0.1) is 0 Å². The molecule has 1 aromatic heterocycles. The average molecular weight is 267 g/mol. The molecule has 2 rings (SSSR count). The highest BCUT2D eigenvalue weighted by Crippen LogP contribution is 2.20. The van der Waals surface area contributed by atoms with Crippen molar-refractivity contribution in [3.63, 3.8) is 0 Å². The van der Waals surface area contributed by atoms with Crippen LogP contribution in [0.1, 0.15) is 29.0 Å². The first-order valence-corrected chi connectivity index (χ1v) is 6.53. The van der Waals surface area contributed by atoms with Crippen LogP contribution in [0.4, 0.5) is 0 Å². The molecule has 2 heterocycles. The zero-order chi connectivity index (χ0) is 13.7. The second-order valence-electron chi connectivity index (χ2n) is 4.92. The van der Waals surface area contributed by atoms with Crippen LogP contribution in [0, 0.1) is 5.92 Å². The van der Waals surface area contributed by atoms with Crippen molar-refractivity contribution in [2.75, 3.05) is 26.8 Å². The van der Waals surface area contributed by atoms with Crippen molar-refractivity contribution in [2.24, 2.45) is 11.8 Å². The van der Waals surface area contributed by atoms with Gasteiger partial charge in [-0.2, -0.15) is 0 Å². The fourth-order valence-electron chi connectivity index (χ4n) is 2.51. The summed E-state index contributed by atoms with van der Waals surface area (Å²) in [6.45, 7) is 3.59. The summed E-state index contributed by atoms with van der Waals surface area (Å²) in [5.74, 6) is 5.71. The largest absolute Gasteiger partial charge is 0.459 e. The molecule has 1 amide bonds. The standard InChI is InChI=1S/C13H21N3O3/c1-18-9-10-2-5-16(6-3-10)8-11-4-7-19-12(11)13(17)15-14/h4,7,10H,2-3,5-6,8-9,14H2,1H3,(H,15,17). The second kappa shape index (κ2) is 6.70. The Hall–Kier alpha value is -1.37. The van der Waals surface area contributed by atoms with E-state index in [1.165, 1.54) is 6.26 Å². The Morgan fingerprint density at radius 2 is 2.32 bits per heavy atom. The van der Waals surface area contributed by atoms with E-state index in [0.717, 1.165) is 44.6 Å². The van der Waals surface area contributed by atoms with Crippen LogP contribution in [0.25, 0.3) is 0 Å². The lowest BCUT2D eigenvalue weighted by Gasteiger charge is -2.31. The van der Waals surface area contributed by atoms with E-state index in [0.29, 0.717) is 11.7 Å². The van der Waals surface area contributed by atoms with Crippen LogP contribution in [0.2, 0.25) is 0 Å². The smallest absolute Gasteiger partial charge is 0.301 e. The summed E-state index contributed by atoms with van der Waals surface area (Å²) in [6, 6.07) is 1.83. The van der Waals surface area contributed by atoms with E-state index in [1.54, 1.807) is 7.11 Å². The highest BCUT2D eigenvalue weighted by atomic mass is 16.5. The molecule has 0 spiro atoms. The van der Waals surface area contributed by atoms with Gasteiger partial charge in [0.25, 0.3) is 0 Å². The molecule has 6 nitrogen and oxygen atoms in total. The van der Waals surface area contributed by atoms with Gasteiger partial charge in [0.05, 0.1) is 6.26 Å². The molecule has 1 aromatic rings. The number of nitrogens with two attached hydrogens (primary N) is 1. The number of carbonyl (C=O) groups is 1. The minimum absolute atomic E-state index is 0.307. The third kappa shape index (κ3) is 3.56. The Morgan fingerprint density at radius 3 is 2.95 bits per heavy atom. The van der Waals surface area contributed by atoms with Crippen LogP contribution in [-0.2, 0) is 11.3 Å². The summed E-state index contributed by atoms with van der Waals surface area (Å²) in [6.07, 6.45) is 3.78. The first-order valence-electron chi connectivity index (χ1n) is 6.53. The predicted octanol–water partition coefficient (Wildman–Crippen LogP) is 0.742. The van der Waals surface area contributed by atoms with E-state index in [9.17, 15) is 4.79 Å². The van der Waals surface area contributed by atoms with Gasteiger partial charge in [0, 0.05) is 25.8 Å². The molecule has 1 saturated heterocycles. The fraction of sp³-hybridized carbons (Fsp3) is 0.615. The maximum Gasteiger partial charge on any atom is 0.301 e. The van der Waals surface area contributed by atoms with Gasteiger partial charge in [0.15, 0.2) is 5.76 Å². The number of hydrogen-bond donors (Lipinski definition) is 2. The number of nitrogens with one attached hydrogen (secondary N) is 1. The maximum atomic E-state index is 11.5. The first-order chi connectivity index (χ1) is 9.24. The van der Waals surface area contributed by atoms with E-state index in [-0.39, 0.29) is 5.91 Å². The van der Waals surface area contributed by atoms with Gasteiger partial charge in [-0.05, 0) is 37.9 Å². The van der Waals surface area contributed by atoms with Crippen LogP contribution in [0.15, 0.2) is 16.7 Å². The first kappa shape index (κ1) is 14.0. The zero-order valence-corrected chi connectivity index (χ0v) is 11.2. The van der Waals surface area contributed by atoms with Crippen LogP contribution in [0.5, 0.6) is 0 Å². The van der Waals surface area contributed by atoms with E-state index >= 15 is 0 Å². The predicted molar refractivity (Wildman–Crippen MR) is 70.2 cm³/mol. The van der Waals surface area contributed by atoms with Crippen molar-refractivity contribution in [1.82, 2.24) is 10.3 Å². The quantitative estimate of drug-likeness (QED) is 0.467. The van der Waals surface area contributed by atoms with Crippen molar-refractivity contribution in [3.05, 3.63) is 23.7 Å². The Bertz CT molecular complexity index is 411.